The molecule has 17 heavy (non-hydrogen) atoms. The molecule has 0 saturated carbocycles. The summed E-state index contributed by atoms with van der Waals surface area (Å²) in [6.07, 6.45) is 9.34. The average molecular weight is 230 g/mol. The predicted octanol–water partition coefficient (Wildman–Crippen LogP) is 4.32. The highest BCUT2D eigenvalue weighted by Crippen LogP contribution is 2.20. The van der Waals surface area contributed by atoms with E-state index in [1.54, 1.807) is 6.08 Å². The summed E-state index contributed by atoms with van der Waals surface area (Å²) in [7, 11) is 0. The average Bonchev–Trinajstić information content (AvgIpc) is 2.36. The van der Waals surface area contributed by atoms with Crippen LogP contribution in [0, 0.1) is 0 Å². The minimum atomic E-state index is 0.566. The Morgan fingerprint density at radius 3 is 2.76 bits per heavy atom. The normalized spacial score (nSPS) is 10.7. The summed E-state index contributed by atoms with van der Waals surface area (Å²) in [5.74, 6) is 0.934. The maximum atomic E-state index is 5.57. The fourth-order valence-electron chi connectivity index (χ4n) is 1.80. The molecule has 0 aromatic heterocycles. The number of allylic oxidation sites excluding steroid dienone is 2. The van der Waals surface area contributed by atoms with Crippen molar-refractivity contribution in [3.05, 3.63) is 54.1 Å². The molecule has 0 fully saturated rings. The molecule has 0 aliphatic heterocycles. The predicted molar refractivity (Wildman–Crippen MR) is 74.6 cm³/mol. The van der Waals surface area contributed by atoms with E-state index in [2.05, 4.69) is 44.7 Å². The van der Waals surface area contributed by atoms with Gasteiger partial charge >= 0.3 is 0 Å². The molecule has 0 amide bonds. The molecule has 92 valence electrons. The molecule has 0 heterocycles. The van der Waals surface area contributed by atoms with Gasteiger partial charge in [-0.1, -0.05) is 44.2 Å². The van der Waals surface area contributed by atoms with E-state index in [0.717, 1.165) is 18.6 Å². The summed E-state index contributed by atoms with van der Waals surface area (Å²) < 4.78 is 5.57. The Morgan fingerprint density at radius 2 is 2.12 bits per heavy atom. The summed E-state index contributed by atoms with van der Waals surface area (Å²) in [6.45, 7) is 8.49. The first kappa shape index (κ1) is 13.6. The number of rotatable bonds is 7. The third-order valence-electron chi connectivity index (χ3n) is 2.64. The van der Waals surface area contributed by atoms with Gasteiger partial charge in [-0.05, 0) is 43.0 Å². The van der Waals surface area contributed by atoms with E-state index in [1.807, 2.05) is 6.07 Å². The highest BCUT2D eigenvalue weighted by Gasteiger charge is 2.02. The molecule has 0 aliphatic carbocycles. The second-order valence-electron chi connectivity index (χ2n) is 4.05. The maximum Gasteiger partial charge on any atom is 0.120 e. The lowest BCUT2D eigenvalue weighted by Crippen LogP contribution is -1.97. The van der Waals surface area contributed by atoms with Crippen molar-refractivity contribution in [2.24, 2.45) is 0 Å². The first-order valence-corrected chi connectivity index (χ1v) is 6.28. The van der Waals surface area contributed by atoms with Crippen molar-refractivity contribution in [3.63, 3.8) is 0 Å². The van der Waals surface area contributed by atoms with Crippen LogP contribution in [0.3, 0.4) is 0 Å². The molecule has 1 aromatic rings. The van der Waals surface area contributed by atoms with E-state index in [9.17, 15) is 0 Å². The van der Waals surface area contributed by atoms with Gasteiger partial charge in [-0.15, -0.1) is 0 Å². The van der Waals surface area contributed by atoms with Crippen LogP contribution in [-0.2, 0) is 12.8 Å². The van der Waals surface area contributed by atoms with Crippen LogP contribution in [0.2, 0.25) is 0 Å². The summed E-state index contributed by atoms with van der Waals surface area (Å²) in [6, 6.07) is 6.38. The summed E-state index contributed by atoms with van der Waals surface area (Å²) in [5.41, 5.74) is 2.79. The van der Waals surface area contributed by atoms with E-state index in [-0.39, 0.29) is 0 Å². The smallest absolute Gasteiger partial charge is 0.120 e. The number of ether oxygens (including phenoxy) is 1. The fraction of sp³-hybridized carbons (Fsp3) is 0.375. The summed E-state index contributed by atoms with van der Waals surface area (Å²) in [5, 5.41) is 0. The molecule has 0 atom stereocenters. The lowest BCUT2D eigenvalue weighted by molar-refractivity contribution is 0.363. The molecule has 0 bridgehead atoms. The number of hydrogen-bond donors (Lipinski definition) is 0. The van der Waals surface area contributed by atoms with Gasteiger partial charge in [-0.2, -0.15) is 0 Å². The Kier molecular flexibility index (Phi) is 6.16. The van der Waals surface area contributed by atoms with Crippen LogP contribution in [0.4, 0.5) is 0 Å². The van der Waals surface area contributed by atoms with Gasteiger partial charge in [0.15, 0.2) is 0 Å². The largest absolute Gasteiger partial charge is 0.490 e. The fourth-order valence-corrected chi connectivity index (χ4v) is 1.80. The van der Waals surface area contributed by atoms with Crippen LogP contribution in [0.5, 0.6) is 5.75 Å². The standard InChI is InChI=1S/C16H22O/c1-4-7-9-15-13-16(17-12-6-3)11-10-14(15)8-5-2/h4,6-7,10-11,13H,3,5,8-9,12H2,1-2H3. The topological polar surface area (TPSA) is 9.23 Å². The Morgan fingerprint density at radius 1 is 1.29 bits per heavy atom. The highest BCUT2D eigenvalue weighted by atomic mass is 16.5. The van der Waals surface area contributed by atoms with Gasteiger partial charge in [0, 0.05) is 0 Å². The van der Waals surface area contributed by atoms with Crippen molar-refractivity contribution in [1.29, 1.82) is 0 Å². The molecular formula is C16H22O. The molecule has 0 unspecified atom stereocenters. The zero-order valence-electron chi connectivity index (χ0n) is 10.9. The molecule has 0 N–H and O–H groups in total. The van der Waals surface area contributed by atoms with Gasteiger partial charge in [-0.3, -0.25) is 0 Å². The molecule has 0 saturated heterocycles. The van der Waals surface area contributed by atoms with Gasteiger partial charge < -0.3 is 4.74 Å². The van der Waals surface area contributed by atoms with E-state index in [1.165, 1.54) is 17.5 Å². The van der Waals surface area contributed by atoms with Crippen LogP contribution in [0.1, 0.15) is 31.4 Å². The SMILES string of the molecule is C=CCOc1ccc(CCC)c(CC=CC)c1. The Labute approximate surface area is 105 Å². The van der Waals surface area contributed by atoms with Gasteiger partial charge in [-0.25, -0.2) is 0 Å². The third kappa shape index (κ3) is 4.48. The van der Waals surface area contributed by atoms with Gasteiger partial charge in [0.1, 0.15) is 12.4 Å². The van der Waals surface area contributed by atoms with Crippen molar-refractivity contribution in [2.45, 2.75) is 33.1 Å². The molecule has 1 heteroatoms. The number of aryl methyl sites for hydroxylation is 1. The van der Waals surface area contributed by atoms with E-state index < -0.39 is 0 Å². The Balaban J connectivity index is 2.87. The summed E-state index contributed by atoms with van der Waals surface area (Å²) >= 11 is 0. The second kappa shape index (κ2) is 7.72. The molecule has 1 rings (SSSR count). The van der Waals surface area contributed by atoms with Crippen molar-refractivity contribution in [2.75, 3.05) is 6.61 Å². The molecule has 0 radical (unpaired) electrons. The Hall–Kier alpha value is -1.50. The van der Waals surface area contributed by atoms with Crippen LogP contribution >= 0.6 is 0 Å². The second-order valence-corrected chi connectivity index (χ2v) is 4.05. The quantitative estimate of drug-likeness (QED) is 0.634. The molecular weight excluding hydrogens is 208 g/mol. The van der Waals surface area contributed by atoms with Crippen molar-refractivity contribution in [1.82, 2.24) is 0 Å². The molecule has 0 aliphatic rings. The molecule has 1 nitrogen and oxygen atoms in total. The van der Waals surface area contributed by atoms with Crippen molar-refractivity contribution < 1.29 is 4.74 Å². The molecule has 0 spiro atoms. The minimum Gasteiger partial charge on any atom is -0.490 e. The minimum absolute atomic E-state index is 0.566. The van der Waals surface area contributed by atoms with Gasteiger partial charge in [0.25, 0.3) is 0 Å². The van der Waals surface area contributed by atoms with Crippen LogP contribution in [0.15, 0.2) is 43.0 Å². The van der Waals surface area contributed by atoms with E-state index in [4.69, 9.17) is 4.74 Å². The first-order valence-electron chi connectivity index (χ1n) is 6.28. The van der Waals surface area contributed by atoms with Gasteiger partial charge in [0.2, 0.25) is 0 Å². The monoisotopic (exact) mass is 230 g/mol. The zero-order valence-corrected chi connectivity index (χ0v) is 10.9. The van der Waals surface area contributed by atoms with Crippen molar-refractivity contribution in [3.8, 4) is 5.75 Å². The zero-order chi connectivity index (χ0) is 12.5. The maximum absolute atomic E-state index is 5.57. The lowest BCUT2D eigenvalue weighted by Gasteiger charge is -2.10. The third-order valence-corrected chi connectivity index (χ3v) is 2.64. The van der Waals surface area contributed by atoms with Crippen LogP contribution < -0.4 is 4.74 Å². The van der Waals surface area contributed by atoms with Gasteiger partial charge in [0.05, 0.1) is 0 Å². The Bertz CT molecular complexity index is 377. The van der Waals surface area contributed by atoms with E-state index in [0.29, 0.717) is 6.61 Å². The highest BCUT2D eigenvalue weighted by molar-refractivity contribution is 5.37. The summed E-state index contributed by atoms with van der Waals surface area (Å²) in [4.78, 5) is 0. The van der Waals surface area contributed by atoms with Crippen molar-refractivity contribution >= 4 is 0 Å². The van der Waals surface area contributed by atoms with Crippen LogP contribution in [0.25, 0.3) is 0 Å². The number of benzene rings is 1. The number of hydrogen-bond acceptors (Lipinski definition) is 1. The first-order chi connectivity index (χ1) is 8.31. The molecule has 1 aromatic carbocycles. The van der Waals surface area contributed by atoms with E-state index >= 15 is 0 Å². The van der Waals surface area contributed by atoms with Crippen LogP contribution in [-0.4, -0.2) is 6.61 Å². The lowest BCUT2D eigenvalue weighted by atomic mass is 10.00.